The summed E-state index contributed by atoms with van der Waals surface area (Å²) in [5.41, 5.74) is -0.523. The maximum Gasteiger partial charge on any atom is 0.258 e. The number of nitrogens with one attached hydrogen (secondary N) is 1. The van der Waals surface area contributed by atoms with Crippen LogP contribution in [0.5, 0.6) is 0 Å². The van der Waals surface area contributed by atoms with Crippen LogP contribution in [-0.4, -0.2) is 42.1 Å². The fourth-order valence-corrected chi connectivity index (χ4v) is 3.80. The van der Waals surface area contributed by atoms with Crippen molar-refractivity contribution in [3.8, 4) is 0 Å². The summed E-state index contributed by atoms with van der Waals surface area (Å²) < 4.78 is 68.8. The Balaban J connectivity index is 1.68. The molecule has 0 spiro atoms. The number of anilines is 1. The number of amides is 1. The van der Waals surface area contributed by atoms with Gasteiger partial charge in [-0.05, 0) is 46.9 Å². The molecule has 2 aromatic rings. The van der Waals surface area contributed by atoms with Gasteiger partial charge in [-0.3, -0.25) is 10.1 Å². The Kier molecular flexibility index (Phi) is 6.56. The molecular formula is C18H13F5IN3OS. The molecular weight excluding hydrogens is 528 g/mol. The highest BCUT2D eigenvalue weighted by Gasteiger charge is 2.31. The molecule has 0 unspecified atom stereocenters. The summed E-state index contributed by atoms with van der Waals surface area (Å²) in [6, 6.07) is 6.90. The van der Waals surface area contributed by atoms with Crippen LogP contribution in [0.1, 0.15) is 10.4 Å². The van der Waals surface area contributed by atoms with Crippen LogP contribution >= 0.6 is 34.8 Å². The molecule has 3 rings (SSSR count). The van der Waals surface area contributed by atoms with E-state index < -0.39 is 40.7 Å². The SMILES string of the molecule is O=C(NC(=S)N1CCN(c2c(F)c(F)c(F)c(F)c2F)CC1)c1ccccc1I. The highest BCUT2D eigenvalue weighted by molar-refractivity contribution is 14.1. The Bertz CT molecular complexity index is 953. The topological polar surface area (TPSA) is 35.6 Å². The fourth-order valence-electron chi connectivity index (χ4n) is 2.89. The molecule has 1 aliphatic heterocycles. The molecule has 0 aliphatic carbocycles. The Labute approximate surface area is 181 Å². The molecule has 0 saturated carbocycles. The van der Waals surface area contributed by atoms with Gasteiger partial charge in [0.1, 0.15) is 5.69 Å². The number of nitrogens with zero attached hydrogens (tertiary/aromatic N) is 2. The van der Waals surface area contributed by atoms with Gasteiger partial charge in [0.2, 0.25) is 5.82 Å². The first-order valence-corrected chi connectivity index (χ1v) is 9.82. The molecule has 1 aliphatic rings. The molecule has 1 N–H and O–H groups in total. The molecule has 0 radical (unpaired) electrons. The van der Waals surface area contributed by atoms with E-state index in [-0.39, 0.29) is 31.3 Å². The van der Waals surface area contributed by atoms with E-state index in [4.69, 9.17) is 12.2 Å². The predicted octanol–water partition coefficient (Wildman–Crippen LogP) is 3.82. The van der Waals surface area contributed by atoms with Crippen LogP contribution in [0.15, 0.2) is 24.3 Å². The van der Waals surface area contributed by atoms with Crippen molar-refractivity contribution in [2.75, 3.05) is 31.1 Å². The number of hydrogen-bond donors (Lipinski definition) is 1. The molecule has 0 atom stereocenters. The van der Waals surface area contributed by atoms with Gasteiger partial charge in [-0.15, -0.1) is 0 Å². The number of rotatable bonds is 2. The molecule has 0 aromatic heterocycles. The lowest BCUT2D eigenvalue weighted by Gasteiger charge is -2.37. The van der Waals surface area contributed by atoms with Crippen molar-refractivity contribution in [3.05, 3.63) is 62.5 Å². The molecule has 29 heavy (non-hydrogen) atoms. The van der Waals surface area contributed by atoms with Gasteiger partial charge in [0.05, 0.1) is 5.56 Å². The number of halogens is 6. The highest BCUT2D eigenvalue weighted by atomic mass is 127. The van der Waals surface area contributed by atoms with Crippen LogP contribution in [0.4, 0.5) is 27.6 Å². The van der Waals surface area contributed by atoms with Crippen molar-refractivity contribution in [1.82, 2.24) is 10.2 Å². The lowest BCUT2D eigenvalue weighted by atomic mass is 10.2. The van der Waals surface area contributed by atoms with E-state index in [1.165, 1.54) is 0 Å². The minimum absolute atomic E-state index is 0.0444. The monoisotopic (exact) mass is 541 g/mol. The normalized spacial score (nSPS) is 14.1. The standard InChI is InChI=1S/C18H13F5IN3OS/c19-11-12(20)14(22)16(15(23)13(11)21)26-5-7-27(8-6-26)18(29)25-17(28)9-3-1-2-4-10(9)24/h1-4H,5-8H2,(H,25,28,29). The fraction of sp³-hybridized carbons (Fsp3) is 0.222. The summed E-state index contributed by atoms with van der Waals surface area (Å²) in [4.78, 5) is 15.0. The zero-order valence-corrected chi connectivity index (χ0v) is 17.6. The molecule has 4 nitrogen and oxygen atoms in total. The summed E-state index contributed by atoms with van der Waals surface area (Å²) in [5.74, 6) is -10.3. The first-order chi connectivity index (χ1) is 13.7. The van der Waals surface area contributed by atoms with E-state index in [0.29, 0.717) is 5.56 Å². The summed E-state index contributed by atoms with van der Waals surface area (Å²) >= 11 is 7.23. The zero-order valence-electron chi connectivity index (χ0n) is 14.6. The van der Waals surface area contributed by atoms with Crippen molar-refractivity contribution in [3.63, 3.8) is 0 Å². The Morgan fingerprint density at radius 3 is 1.97 bits per heavy atom. The second-order valence-corrected chi connectivity index (χ2v) is 7.68. The number of benzene rings is 2. The van der Waals surface area contributed by atoms with E-state index in [0.717, 1.165) is 8.47 Å². The van der Waals surface area contributed by atoms with Crippen LogP contribution in [0.2, 0.25) is 0 Å². The smallest absolute Gasteiger partial charge is 0.258 e. The van der Waals surface area contributed by atoms with Crippen LogP contribution in [0.25, 0.3) is 0 Å². The van der Waals surface area contributed by atoms with Gasteiger partial charge in [0, 0.05) is 29.7 Å². The second kappa shape index (κ2) is 8.78. The number of piperazine rings is 1. The maximum absolute atomic E-state index is 14.0. The number of carbonyl (C=O) groups is 1. The first kappa shape index (κ1) is 21.7. The zero-order chi connectivity index (χ0) is 21.3. The van der Waals surface area contributed by atoms with Gasteiger partial charge < -0.3 is 9.80 Å². The van der Waals surface area contributed by atoms with Gasteiger partial charge in [-0.2, -0.15) is 0 Å². The number of thiocarbonyl (C=S) groups is 1. The molecule has 0 bridgehead atoms. The minimum Gasteiger partial charge on any atom is -0.363 e. The summed E-state index contributed by atoms with van der Waals surface area (Å²) in [6.07, 6.45) is 0. The number of carbonyl (C=O) groups excluding carboxylic acids is 1. The third kappa shape index (κ3) is 4.29. The predicted molar refractivity (Wildman–Crippen MR) is 109 cm³/mol. The van der Waals surface area contributed by atoms with Crippen LogP contribution in [0, 0.1) is 32.7 Å². The van der Waals surface area contributed by atoms with Crippen LogP contribution in [-0.2, 0) is 0 Å². The van der Waals surface area contributed by atoms with E-state index in [1.807, 2.05) is 22.6 Å². The van der Waals surface area contributed by atoms with Crippen molar-refractivity contribution < 1.29 is 26.7 Å². The third-order valence-corrected chi connectivity index (χ3v) is 5.71. The maximum atomic E-state index is 14.0. The average Bonchev–Trinajstić information content (AvgIpc) is 2.71. The summed E-state index contributed by atoms with van der Waals surface area (Å²) in [6.45, 7) is 0.170. The Morgan fingerprint density at radius 2 is 1.41 bits per heavy atom. The molecule has 1 saturated heterocycles. The molecule has 2 aromatic carbocycles. The largest absolute Gasteiger partial charge is 0.363 e. The van der Waals surface area contributed by atoms with Gasteiger partial charge in [-0.1, -0.05) is 12.1 Å². The van der Waals surface area contributed by atoms with E-state index in [9.17, 15) is 26.7 Å². The van der Waals surface area contributed by atoms with Crippen LogP contribution in [0.3, 0.4) is 0 Å². The lowest BCUT2D eigenvalue weighted by molar-refractivity contribution is 0.0972. The van der Waals surface area contributed by atoms with E-state index in [2.05, 4.69) is 5.32 Å². The average molecular weight is 541 g/mol. The van der Waals surface area contributed by atoms with E-state index in [1.54, 1.807) is 29.2 Å². The first-order valence-electron chi connectivity index (χ1n) is 8.33. The highest BCUT2D eigenvalue weighted by Crippen LogP contribution is 2.30. The quantitative estimate of drug-likeness (QED) is 0.206. The van der Waals surface area contributed by atoms with Crippen molar-refractivity contribution >= 4 is 51.5 Å². The molecule has 11 heteroatoms. The van der Waals surface area contributed by atoms with Gasteiger partial charge in [0.25, 0.3) is 5.91 Å². The molecule has 1 amide bonds. The Hall–Kier alpha value is -2.02. The number of hydrogen-bond acceptors (Lipinski definition) is 3. The van der Waals surface area contributed by atoms with Gasteiger partial charge in [-0.25, -0.2) is 22.0 Å². The van der Waals surface area contributed by atoms with Crippen LogP contribution < -0.4 is 10.2 Å². The molecule has 1 heterocycles. The van der Waals surface area contributed by atoms with Crippen molar-refractivity contribution in [1.29, 1.82) is 0 Å². The summed E-state index contributed by atoms with van der Waals surface area (Å²) in [7, 11) is 0. The van der Waals surface area contributed by atoms with Gasteiger partial charge >= 0.3 is 0 Å². The van der Waals surface area contributed by atoms with E-state index >= 15 is 0 Å². The molecule has 1 fully saturated rings. The van der Waals surface area contributed by atoms with Gasteiger partial charge in [0.15, 0.2) is 28.4 Å². The minimum atomic E-state index is -2.19. The second-order valence-electron chi connectivity index (χ2n) is 6.13. The third-order valence-electron chi connectivity index (χ3n) is 4.41. The van der Waals surface area contributed by atoms with Crippen molar-refractivity contribution in [2.45, 2.75) is 0 Å². The molecule has 154 valence electrons. The summed E-state index contributed by atoms with van der Waals surface area (Å²) in [5, 5.41) is 2.70. The Morgan fingerprint density at radius 1 is 0.897 bits per heavy atom. The van der Waals surface area contributed by atoms with Crippen molar-refractivity contribution in [2.24, 2.45) is 0 Å². The lowest BCUT2D eigenvalue weighted by Crippen LogP contribution is -2.53.